The molecule has 2 aromatic rings. The van der Waals surface area contributed by atoms with Crippen molar-refractivity contribution in [2.75, 3.05) is 0 Å². The van der Waals surface area contributed by atoms with Crippen LogP contribution in [0, 0.1) is 0 Å². The molecule has 0 amide bonds. The van der Waals surface area contributed by atoms with E-state index in [0.717, 1.165) is 0 Å². The van der Waals surface area contributed by atoms with Crippen molar-refractivity contribution in [1.82, 2.24) is 0 Å². The number of benzene rings is 1. The van der Waals surface area contributed by atoms with Crippen LogP contribution in [0.15, 0.2) is 24.3 Å². The largest absolute Gasteiger partial charge is 0.136 e. The Hall–Kier alpha value is -1.34. The molecular formula is C15H12S. The third-order valence-corrected chi connectivity index (χ3v) is 4.72. The summed E-state index contributed by atoms with van der Waals surface area (Å²) in [6.07, 6.45) is 8.60. The topological polar surface area (TPSA) is 0 Å². The third-order valence-electron chi connectivity index (χ3n) is 3.54. The minimum Gasteiger partial charge on any atom is -0.136 e. The number of fused-ring (bicyclic) bond motifs is 5. The fraction of sp³-hybridized carbons (Fsp3) is 0.200. The van der Waals surface area contributed by atoms with E-state index in [9.17, 15) is 0 Å². The van der Waals surface area contributed by atoms with Crippen LogP contribution in [0.1, 0.15) is 24.0 Å². The van der Waals surface area contributed by atoms with E-state index in [4.69, 9.17) is 0 Å². The van der Waals surface area contributed by atoms with Crippen molar-refractivity contribution in [1.29, 1.82) is 0 Å². The molecule has 2 aliphatic carbocycles. The molecule has 0 spiro atoms. The monoisotopic (exact) mass is 224 g/mol. The maximum atomic E-state index is 2.41. The molecule has 16 heavy (non-hydrogen) atoms. The standard InChI is InChI=1S/C15H12S/c1-2-6-11-10(5-1)9-14-15(11)12-7-3-4-8-13(12)16-14/h1-2,5-6,8-9H,3-4,7H2. The van der Waals surface area contributed by atoms with E-state index < -0.39 is 0 Å². The maximum Gasteiger partial charge on any atom is 0.0364 e. The molecule has 0 bridgehead atoms. The summed E-state index contributed by atoms with van der Waals surface area (Å²) < 4.78 is 3.01. The van der Waals surface area contributed by atoms with Gasteiger partial charge in [0.1, 0.15) is 0 Å². The van der Waals surface area contributed by atoms with Crippen LogP contribution >= 0.6 is 11.3 Å². The van der Waals surface area contributed by atoms with Crippen LogP contribution in [0.4, 0.5) is 0 Å². The molecule has 1 aromatic heterocycles. The molecule has 0 aliphatic heterocycles. The summed E-state index contributed by atoms with van der Waals surface area (Å²) in [5, 5.41) is 0. The first kappa shape index (κ1) is 8.77. The minimum absolute atomic E-state index is 1.26. The summed E-state index contributed by atoms with van der Waals surface area (Å²) in [5.41, 5.74) is 5.99. The fourth-order valence-corrected chi connectivity index (χ4v) is 4.10. The van der Waals surface area contributed by atoms with Gasteiger partial charge in [-0.3, -0.25) is 0 Å². The second kappa shape index (κ2) is 3.08. The molecule has 78 valence electrons. The molecule has 2 aliphatic rings. The van der Waals surface area contributed by atoms with E-state index in [1.54, 1.807) is 5.56 Å². The van der Waals surface area contributed by atoms with Gasteiger partial charge in [0.2, 0.25) is 0 Å². The molecule has 0 saturated carbocycles. The fourth-order valence-electron chi connectivity index (χ4n) is 2.82. The Balaban J connectivity index is 2.14. The lowest BCUT2D eigenvalue weighted by Crippen LogP contribution is -2.07. The van der Waals surface area contributed by atoms with Gasteiger partial charge < -0.3 is 0 Å². The van der Waals surface area contributed by atoms with Gasteiger partial charge in [0.25, 0.3) is 0 Å². The summed E-state index contributed by atoms with van der Waals surface area (Å²) in [6.45, 7) is 0. The van der Waals surface area contributed by atoms with Crippen LogP contribution < -0.4 is 9.06 Å². The summed E-state index contributed by atoms with van der Waals surface area (Å²) in [4.78, 5) is 0. The Morgan fingerprint density at radius 2 is 2.00 bits per heavy atom. The molecule has 0 saturated heterocycles. The van der Waals surface area contributed by atoms with Gasteiger partial charge in [0.15, 0.2) is 0 Å². The molecule has 0 radical (unpaired) electrons. The van der Waals surface area contributed by atoms with Gasteiger partial charge in [-0.1, -0.05) is 30.3 Å². The second-order valence-electron chi connectivity index (χ2n) is 4.51. The van der Waals surface area contributed by atoms with E-state index in [0.29, 0.717) is 0 Å². The van der Waals surface area contributed by atoms with Gasteiger partial charge in [-0.15, -0.1) is 11.3 Å². The summed E-state index contributed by atoms with van der Waals surface area (Å²) in [5.74, 6) is 0. The molecule has 0 unspecified atom stereocenters. The number of thiophene rings is 1. The van der Waals surface area contributed by atoms with Crippen LogP contribution in [0.5, 0.6) is 0 Å². The zero-order valence-corrected chi connectivity index (χ0v) is 9.81. The molecule has 4 rings (SSSR count). The number of hydrogen-bond acceptors (Lipinski definition) is 1. The normalized spacial score (nSPS) is 15.8. The van der Waals surface area contributed by atoms with Crippen molar-refractivity contribution in [3.8, 4) is 11.1 Å². The van der Waals surface area contributed by atoms with Crippen LogP contribution in [-0.4, -0.2) is 0 Å². The van der Waals surface area contributed by atoms with Crippen LogP contribution in [-0.2, 0) is 6.42 Å². The van der Waals surface area contributed by atoms with Gasteiger partial charge in [-0.2, -0.15) is 0 Å². The van der Waals surface area contributed by atoms with Gasteiger partial charge in [0.05, 0.1) is 0 Å². The lowest BCUT2D eigenvalue weighted by molar-refractivity contribution is 0.846. The molecule has 1 heteroatoms. The number of rotatable bonds is 0. The zero-order valence-electron chi connectivity index (χ0n) is 8.99. The highest BCUT2D eigenvalue weighted by Gasteiger charge is 2.19. The van der Waals surface area contributed by atoms with E-state index in [1.165, 1.54) is 45.0 Å². The Morgan fingerprint density at radius 3 is 3.00 bits per heavy atom. The smallest absolute Gasteiger partial charge is 0.0364 e. The van der Waals surface area contributed by atoms with E-state index in [2.05, 4.69) is 36.4 Å². The first-order valence-electron chi connectivity index (χ1n) is 5.86. The van der Waals surface area contributed by atoms with Crippen LogP contribution in [0.3, 0.4) is 0 Å². The maximum absolute atomic E-state index is 2.41. The molecule has 0 atom stereocenters. The van der Waals surface area contributed by atoms with Crippen molar-refractivity contribution in [2.45, 2.75) is 19.3 Å². The molecule has 1 heterocycles. The van der Waals surface area contributed by atoms with Crippen LogP contribution in [0.25, 0.3) is 23.3 Å². The van der Waals surface area contributed by atoms with E-state index >= 15 is 0 Å². The molecule has 0 fully saturated rings. The average Bonchev–Trinajstić information content (AvgIpc) is 2.83. The van der Waals surface area contributed by atoms with E-state index in [-0.39, 0.29) is 0 Å². The van der Waals surface area contributed by atoms with Crippen molar-refractivity contribution >= 4 is 23.5 Å². The first-order valence-corrected chi connectivity index (χ1v) is 6.68. The van der Waals surface area contributed by atoms with Gasteiger partial charge in [0, 0.05) is 14.6 Å². The summed E-state index contributed by atoms with van der Waals surface area (Å²) in [7, 11) is 0. The lowest BCUT2D eigenvalue weighted by atomic mass is 9.97. The number of hydrogen-bond donors (Lipinski definition) is 0. The van der Waals surface area contributed by atoms with Gasteiger partial charge in [-0.25, -0.2) is 0 Å². The second-order valence-corrected chi connectivity index (χ2v) is 5.60. The minimum atomic E-state index is 1.26. The highest BCUT2D eigenvalue weighted by molar-refractivity contribution is 7.08. The Bertz CT molecular complexity index is 689. The zero-order chi connectivity index (χ0) is 10.5. The Morgan fingerprint density at radius 1 is 1.06 bits per heavy atom. The van der Waals surface area contributed by atoms with Gasteiger partial charge >= 0.3 is 0 Å². The summed E-state index contributed by atoms with van der Waals surface area (Å²) in [6, 6.07) is 8.77. The Labute approximate surface area is 98.6 Å². The summed E-state index contributed by atoms with van der Waals surface area (Å²) >= 11 is 1.97. The lowest BCUT2D eigenvalue weighted by Gasteiger charge is -2.07. The molecule has 0 N–H and O–H groups in total. The van der Waals surface area contributed by atoms with Gasteiger partial charge in [-0.05, 0) is 42.0 Å². The van der Waals surface area contributed by atoms with E-state index in [1.807, 2.05) is 11.3 Å². The van der Waals surface area contributed by atoms with Crippen LogP contribution in [0.2, 0.25) is 0 Å². The molecule has 1 aromatic carbocycles. The quantitative estimate of drug-likeness (QED) is 0.551. The first-order chi connectivity index (χ1) is 7.93. The SMILES string of the molecule is C1=c2sc3c(c2CCC1)-c1ccccc1C=3. The highest BCUT2D eigenvalue weighted by Crippen LogP contribution is 2.31. The Kier molecular flexibility index (Phi) is 1.69. The molecule has 0 nitrogen and oxygen atoms in total. The predicted octanol–water partition coefficient (Wildman–Crippen LogP) is 2.67. The van der Waals surface area contributed by atoms with Crippen molar-refractivity contribution in [3.63, 3.8) is 0 Å². The third kappa shape index (κ3) is 1.04. The predicted molar refractivity (Wildman–Crippen MR) is 70.0 cm³/mol. The van der Waals surface area contributed by atoms with Crippen molar-refractivity contribution in [3.05, 3.63) is 44.5 Å². The van der Waals surface area contributed by atoms with Crippen molar-refractivity contribution in [2.24, 2.45) is 0 Å². The molecular weight excluding hydrogens is 212 g/mol. The average molecular weight is 224 g/mol. The highest BCUT2D eigenvalue weighted by atomic mass is 32.1. The van der Waals surface area contributed by atoms with Crippen molar-refractivity contribution < 1.29 is 0 Å².